The molecule has 0 aliphatic rings. The normalized spacial score (nSPS) is 10.2. The molecule has 1 heterocycles. The van der Waals surface area contributed by atoms with Crippen molar-refractivity contribution in [1.82, 2.24) is 4.90 Å². The monoisotopic (exact) mass is 304 g/mol. The van der Waals surface area contributed by atoms with E-state index in [-0.39, 0.29) is 11.6 Å². The molecular formula is C15H16N2O3S. The van der Waals surface area contributed by atoms with Gasteiger partial charge in [-0.3, -0.25) is 0 Å². The summed E-state index contributed by atoms with van der Waals surface area (Å²) in [7, 11) is 1.70. The summed E-state index contributed by atoms with van der Waals surface area (Å²) in [4.78, 5) is 25.9. The zero-order chi connectivity index (χ0) is 15.4. The molecule has 2 N–H and O–H groups in total. The Bertz CT molecular complexity index is 653. The second-order valence-electron chi connectivity index (χ2n) is 4.65. The van der Waals surface area contributed by atoms with Crippen molar-refractivity contribution in [3.8, 4) is 0 Å². The van der Waals surface area contributed by atoms with E-state index in [4.69, 9.17) is 5.11 Å². The van der Waals surface area contributed by atoms with Crippen LogP contribution in [0.25, 0.3) is 0 Å². The Morgan fingerprint density at radius 3 is 2.67 bits per heavy atom. The summed E-state index contributed by atoms with van der Waals surface area (Å²) in [6, 6.07) is 8.46. The minimum absolute atomic E-state index is 0.189. The number of thiophene rings is 1. The largest absolute Gasteiger partial charge is 0.478 e. The van der Waals surface area contributed by atoms with E-state index in [0.717, 1.165) is 4.88 Å². The standard InChI is InChI=1S/C15H16N2O3S/c1-10-12(14(18)19)6-3-7-13(10)16-15(20)17(2)9-11-5-4-8-21-11/h3-8H,9H2,1-2H3,(H,16,20)(H,18,19). The topological polar surface area (TPSA) is 69.6 Å². The van der Waals surface area contributed by atoms with Crippen LogP contribution in [0.2, 0.25) is 0 Å². The molecule has 0 spiro atoms. The van der Waals surface area contributed by atoms with Gasteiger partial charge in [0.15, 0.2) is 0 Å². The number of carboxylic acids is 1. The zero-order valence-electron chi connectivity index (χ0n) is 11.8. The molecule has 2 aromatic rings. The van der Waals surface area contributed by atoms with E-state index in [1.54, 1.807) is 42.3 Å². The van der Waals surface area contributed by atoms with Crippen LogP contribution in [0.15, 0.2) is 35.7 Å². The number of benzene rings is 1. The number of anilines is 1. The van der Waals surface area contributed by atoms with E-state index in [2.05, 4.69) is 5.32 Å². The third-order valence-corrected chi connectivity index (χ3v) is 3.99. The molecule has 0 unspecified atom stereocenters. The maximum absolute atomic E-state index is 12.1. The van der Waals surface area contributed by atoms with Crippen molar-refractivity contribution in [3.63, 3.8) is 0 Å². The molecule has 21 heavy (non-hydrogen) atoms. The number of nitrogens with one attached hydrogen (secondary N) is 1. The molecule has 2 rings (SSSR count). The van der Waals surface area contributed by atoms with Gasteiger partial charge in [0, 0.05) is 17.6 Å². The van der Waals surface area contributed by atoms with Crippen LogP contribution in [-0.2, 0) is 6.54 Å². The van der Waals surface area contributed by atoms with Gasteiger partial charge < -0.3 is 15.3 Å². The molecule has 1 aromatic carbocycles. The summed E-state index contributed by atoms with van der Waals surface area (Å²) < 4.78 is 0. The lowest BCUT2D eigenvalue weighted by atomic mass is 10.1. The Kier molecular flexibility index (Phi) is 4.59. The number of hydrogen-bond donors (Lipinski definition) is 2. The summed E-state index contributed by atoms with van der Waals surface area (Å²) >= 11 is 1.59. The van der Waals surface area contributed by atoms with E-state index in [1.807, 2.05) is 17.5 Å². The third kappa shape index (κ3) is 3.61. The summed E-state index contributed by atoms with van der Waals surface area (Å²) in [6.45, 7) is 2.19. The lowest BCUT2D eigenvalue weighted by Crippen LogP contribution is -2.30. The van der Waals surface area contributed by atoms with Gasteiger partial charge >= 0.3 is 12.0 Å². The highest BCUT2D eigenvalue weighted by Crippen LogP contribution is 2.20. The predicted molar refractivity (Wildman–Crippen MR) is 82.9 cm³/mol. The highest BCUT2D eigenvalue weighted by Gasteiger charge is 2.14. The van der Waals surface area contributed by atoms with Crippen molar-refractivity contribution >= 4 is 29.0 Å². The molecular weight excluding hydrogens is 288 g/mol. The van der Waals surface area contributed by atoms with E-state index < -0.39 is 5.97 Å². The van der Waals surface area contributed by atoms with Gasteiger partial charge in [-0.1, -0.05) is 12.1 Å². The van der Waals surface area contributed by atoms with Crippen LogP contribution in [0.1, 0.15) is 20.8 Å². The predicted octanol–water partition coefficient (Wildman–Crippen LogP) is 3.42. The molecule has 0 saturated carbocycles. The van der Waals surface area contributed by atoms with Gasteiger partial charge in [-0.2, -0.15) is 0 Å². The Balaban J connectivity index is 2.09. The van der Waals surface area contributed by atoms with Gasteiger partial charge in [-0.15, -0.1) is 11.3 Å². The van der Waals surface area contributed by atoms with Crippen molar-refractivity contribution in [1.29, 1.82) is 0 Å². The Labute approximate surface area is 126 Å². The van der Waals surface area contributed by atoms with Gasteiger partial charge in [0.05, 0.1) is 12.1 Å². The molecule has 0 atom stereocenters. The number of urea groups is 1. The maximum atomic E-state index is 12.1. The van der Waals surface area contributed by atoms with E-state index in [9.17, 15) is 9.59 Å². The van der Waals surface area contributed by atoms with Crippen LogP contribution in [0.3, 0.4) is 0 Å². The second-order valence-corrected chi connectivity index (χ2v) is 5.68. The van der Waals surface area contributed by atoms with E-state index in [1.165, 1.54) is 6.07 Å². The fourth-order valence-electron chi connectivity index (χ4n) is 1.92. The number of aromatic carboxylic acids is 1. The van der Waals surface area contributed by atoms with Crippen LogP contribution in [0.5, 0.6) is 0 Å². The fraction of sp³-hybridized carbons (Fsp3) is 0.200. The second kappa shape index (κ2) is 6.41. The lowest BCUT2D eigenvalue weighted by molar-refractivity contribution is 0.0696. The minimum atomic E-state index is -1.00. The molecule has 0 aliphatic carbocycles. The quantitative estimate of drug-likeness (QED) is 0.909. The third-order valence-electron chi connectivity index (χ3n) is 3.13. The number of hydrogen-bond acceptors (Lipinski definition) is 3. The van der Waals surface area contributed by atoms with Crippen molar-refractivity contribution in [3.05, 3.63) is 51.7 Å². The van der Waals surface area contributed by atoms with Crippen molar-refractivity contribution in [2.75, 3.05) is 12.4 Å². The Morgan fingerprint density at radius 2 is 2.05 bits per heavy atom. The smallest absolute Gasteiger partial charge is 0.336 e. The molecule has 110 valence electrons. The number of amides is 2. The zero-order valence-corrected chi connectivity index (χ0v) is 12.6. The molecule has 2 amide bonds. The number of carboxylic acid groups (broad SMARTS) is 1. The fourth-order valence-corrected chi connectivity index (χ4v) is 2.68. The molecule has 0 saturated heterocycles. The van der Waals surface area contributed by atoms with Crippen molar-refractivity contribution in [2.24, 2.45) is 0 Å². The SMILES string of the molecule is Cc1c(NC(=O)N(C)Cc2cccs2)cccc1C(=O)O. The van der Waals surface area contributed by atoms with Crippen LogP contribution >= 0.6 is 11.3 Å². The maximum Gasteiger partial charge on any atom is 0.336 e. The number of carbonyl (C=O) groups excluding carboxylic acids is 1. The average molecular weight is 304 g/mol. The van der Waals surface area contributed by atoms with Gasteiger partial charge in [0.25, 0.3) is 0 Å². The first kappa shape index (κ1) is 15.1. The van der Waals surface area contributed by atoms with Crippen LogP contribution in [0.4, 0.5) is 10.5 Å². The van der Waals surface area contributed by atoms with Gasteiger partial charge in [-0.05, 0) is 36.1 Å². The van der Waals surface area contributed by atoms with Crippen LogP contribution < -0.4 is 5.32 Å². The van der Waals surface area contributed by atoms with Gasteiger partial charge in [0.1, 0.15) is 0 Å². The average Bonchev–Trinajstić information content (AvgIpc) is 2.93. The summed E-state index contributed by atoms with van der Waals surface area (Å²) in [5, 5.41) is 13.8. The lowest BCUT2D eigenvalue weighted by Gasteiger charge is -2.18. The van der Waals surface area contributed by atoms with E-state index >= 15 is 0 Å². The Hall–Kier alpha value is -2.34. The summed E-state index contributed by atoms with van der Waals surface area (Å²) in [5.74, 6) is -1.00. The highest BCUT2D eigenvalue weighted by molar-refractivity contribution is 7.09. The molecule has 0 aliphatic heterocycles. The van der Waals surface area contributed by atoms with Crippen LogP contribution in [-0.4, -0.2) is 29.1 Å². The molecule has 5 nitrogen and oxygen atoms in total. The number of nitrogens with zero attached hydrogens (tertiary/aromatic N) is 1. The van der Waals surface area contributed by atoms with Crippen molar-refractivity contribution < 1.29 is 14.7 Å². The molecule has 0 radical (unpaired) electrons. The summed E-state index contributed by atoms with van der Waals surface area (Å²) in [6.07, 6.45) is 0. The first-order valence-corrected chi connectivity index (χ1v) is 7.24. The minimum Gasteiger partial charge on any atom is -0.478 e. The van der Waals surface area contributed by atoms with Gasteiger partial charge in [0.2, 0.25) is 0 Å². The Morgan fingerprint density at radius 1 is 1.29 bits per heavy atom. The van der Waals surface area contributed by atoms with E-state index in [0.29, 0.717) is 17.8 Å². The van der Waals surface area contributed by atoms with Gasteiger partial charge in [-0.25, -0.2) is 9.59 Å². The summed E-state index contributed by atoms with van der Waals surface area (Å²) in [5.41, 5.74) is 1.24. The number of carbonyl (C=O) groups is 2. The van der Waals surface area contributed by atoms with Crippen molar-refractivity contribution in [2.45, 2.75) is 13.5 Å². The molecule has 6 heteroatoms. The molecule has 0 fully saturated rings. The first-order chi connectivity index (χ1) is 9.99. The van der Waals surface area contributed by atoms with Crippen LogP contribution in [0, 0.1) is 6.92 Å². The molecule has 0 bridgehead atoms. The number of rotatable bonds is 4. The first-order valence-electron chi connectivity index (χ1n) is 6.36. The highest BCUT2D eigenvalue weighted by atomic mass is 32.1. The molecule has 1 aromatic heterocycles.